The van der Waals surface area contributed by atoms with Gasteiger partial charge in [-0.15, -0.1) is 0 Å². The topological polar surface area (TPSA) is 75.4 Å². The van der Waals surface area contributed by atoms with E-state index < -0.39 is 0 Å². The molecule has 0 radical (unpaired) electrons. The van der Waals surface area contributed by atoms with E-state index in [9.17, 15) is 9.59 Å². The van der Waals surface area contributed by atoms with Crippen LogP contribution in [0.2, 0.25) is 0 Å². The van der Waals surface area contributed by atoms with E-state index in [-0.39, 0.29) is 17.7 Å². The van der Waals surface area contributed by atoms with Crippen molar-refractivity contribution in [2.24, 2.45) is 11.8 Å². The number of rotatable bonds is 8. The molecule has 1 aromatic rings. The normalized spacial score (nSPS) is 18.1. The molecular formula is C19H29N3O3. The molecule has 2 aliphatic carbocycles. The van der Waals surface area contributed by atoms with Gasteiger partial charge in [-0.25, -0.2) is 0 Å². The predicted molar refractivity (Wildman–Crippen MR) is 93.8 cm³/mol. The van der Waals surface area contributed by atoms with Gasteiger partial charge in [0.25, 0.3) is 5.91 Å². The van der Waals surface area contributed by atoms with Gasteiger partial charge < -0.3 is 14.7 Å². The minimum atomic E-state index is -0.192. The molecule has 1 heterocycles. The Morgan fingerprint density at radius 2 is 2.00 bits per heavy atom. The second-order valence-electron chi connectivity index (χ2n) is 7.43. The fraction of sp³-hybridized carbons (Fsp3) is 0.737. The second kappa shape index (κ2) is 8.50. The molecule has 2 fully saturated rings. The molecule has 0 aliphatic heterocycles. The Hall–Kier alpha value is -1.85. The highest BCUT2D eigenvalue weighted by Crippen LogP contribution is 2.28. The van der Waals surface area contributed by atoms with Crippen LogP contribution in [0, 0.1) is 11.8 Å². The van der Waals surface area contributed by atoms with Gasteiger partial charge >= 0.3 is 0 Å². The fourth-order valence-corrected chi connectivity index (χ4v) is 3.48. The van der Waals surface area contributed by atoms with Crippen molar-refractivity contribution in [3.05, 3.63) is 17.5 Å². The lowest BCUT2D eigenvalue weighted by Crippen LogP contribution is -2.37. The molecule has 0 saturated heterocycles. The first-order valence-corrected chi connectivity index (χ1v) is 9.70. The number of aromatic nitrogens is 1. The Balaban J connectivity index is 1.57. The molecule has 2 saturated carbocycles. The Labute approximate surface area is 149 Å². The van der Waals surface area contributed by atoms with E-state index in [2.05, 4.69) is 17.4 Å². The third kappa shape index (κ3) is 5.06. The van der Waals surface area contributed by atoms with Crippen LogP contribution >= 0.6 is 0 Å². The minimum absolute atomic E-state index is 0.143. The smallest absolute Gasteiger partial charge is 0.273 e. The number of hydrogen-bond acceptors (Lipinski definition) is 4. The summed E-state index contributed by atoms with van der Waals surface area (Å²) in [5.74, 6) is 1.38. The van der Waals surface area contributed by atoms with Gasteiger partial charge in [0.1, 0.15) is 0 Å². The zero-order valence-corrected chi connectivity index (χ0v) is 15.1. The van der Waals surface area contributed by atoms with Gasteiger partial charge in [-0.1, -0.05) is 31.3 Å². The predicted octanol–water partition coefficient (Wildman–Crippen LogP) is 3.13. The van der Waals surface area contributed by atoms with E-state index in [1.54, 1.807) is 6.07 Å². The molecule has 0 aromatic carbocycles. The van der Waals surface area contributed by atoms with Crippen molar-refractivity contribution in [3.8, 4) is 0 Å². The average molecular weight is 347 g/mol. The van der Waals surface area contributed by atoms with Crippen LogP contribution in [-0.4, -0.2) is 35.0 Å². The van der Waals surface area contributed by atoms with Crippen molar-refractivity contribution in [1.82, 2.24) is 15.4 Å². The maximum Gasteiger partial charge on any atom is 0.273 e. The molecule has 25 heavy (non-hydrogen) atoms. The molecule has 3 rings (SSSR count). The van der Waals surface area contributed by atoms with Crippen LogP contribution in [0.15, 0.2) is 10.6 Å². The number of carbonyl (C=O) groups is 2. The van der Waals surface area contributed by atoms with Gasteiger partial charge in [0.15, 0.2) is 11.5 Å². The first-order chi connectivity index (χ1) is 12.2. The molecule has 0 bridgehead atoms. The molecule has 6 nitrogen and oxygen atoms in total. The van der Waals surface area contributed by atoms with E-state index in [1.807, 2.05) is 4.90 Å². The van der Waals surface area contributed by atoms with Crippen LogP contribution in [0.4, 0.5) is 0 Å². The van der Waals surface area contributed by atoms with Gasteiger partial charge in [-0.3, -0.25) is 9.59 Å². The van der Waals surface area contributed by atoms with E-state index in [0.717, 1.165) is 32.1 Å². The summed E-state index contributed by atoms with van der Waals surface area (Å²) in [4.78, 5) is 26.7. The zero-order chi connectivity index (χ0) is 17.6. The van der Waals surface area contributed by atoms with Gasteiger partial charge in [0.05, 0.1) is 6.54 Å². The Morgan fingerprint density at radius 1 is 1.24 bits per heavy atom. The van der Waals surface area contributed by atoms with Crippen LogP contribution in [0.25, 0.3) is 0 Å². The summed E-state index contributed by atoms with van der Waals surface area (Å²) < 4.78 is 5.32. The molecule has 138 valence electrons. The van der Waals surface area contributed by atoms with Crippen molar-refractivity contribution in [3.63, 3.8) is 0 Å². The molecule has 2 aliphatic rings. The van der Waals surface area contributed by atoms with Crippen molar-refractivity contribution in [2.75, 3.05) is 13.1 Å². The second-order valence-corrected chi connectivity index (χ2v) is 7.43. The van der Waals surface area contributed by atoms with Crippen molar-refractivity contribution >= 4 is 11.8 Å². The van der Waals surface area contributed by atoms with Gasteiger partial charge in [-0.05, 0) is 38.0 Å². The van der Waals surface area contributed by atoms with Gasteiger partial charge in [0, 0.05) is 25.1 Å². The number of carbonyl (C=O) groups excluding carboxylic acids is 2. The van der Waals surface area contributed by atoms with Crippen LogP contribution < -0.4 is 5.32 Å². The molecule has 1 N–H and O–H groups in total. The highest BCUT2D eigenvalue weighted by Gasteiger charge is 2.27. The molecule has 0 unspecified atom stereocenters. The van der Waals surface area contributed by atoms with Crippen LogP contribution in [0.5, 0.6) is 0 Å². The summed E-state index contributed by atoms with van der Waals surface area (Å²) in [6.07, 6.45) is 8.79. The monoisotopic (exact) mass is 347 g/mol. The quantitative estimate of drug-likeness (QED) is 0.784. The van der Waals surface area contributed by atoms with Crippen molar-refractivity contribution in [2.45, 2.75) is 64.8 Å². The maximum atomic E-state index is 12.8. The Bertz CT molecular complexity index is 588. The van der Waals surface area contributed by atoms with Crippen molar-refractivity contribution < 1.29 is 14.1 Å². The van der Waals surface area contributed by atoms with E-state index in [1.165, 1.54) is 19.3 Å². The number of hydrogen-bond donors (Lipinski definition) is 1. The van der Waals surface area contributed by atoms with E-state index in [0.29, 0.717) is 37.0 Å². The SMILES string of the molecule is CCCN(Cc1cc(C(=O)NCC2CC2)no1)C(=O)C1CCCCC1. The summed E-state index contributed by atoms with van der Waals surface area (Å²) in [5.41, 5.74) is 0.303. The standard InChI is InChI=1S/C19H29N3O3/c1-2-10-22(19(24)15-6-4-3-5-7-15)13-16-11-17(21-25-16)18(23)20-12-14-8-9-14/h11,14-15H,2-10,12-13H2,1H3,(H,20,23). The van der Waals surface area contributed by atoms with Crippen LogP contribution in [0.1, 0.15) is 74.5 Å². The maximum absolute atomic E-state index is 12.8. The molecule has 1 aromatic heterocycles. The number of amides is 2. The average Bonchev–Trinajstić information content (AvgIpc) is 3.36. The first kappa shape index (κ1) is 18.0. The molecular weight excluding hydrogens is 318 g/mol. The number of nitrogens with one attached hydrogen (secondary N) is 1. The summed E-state index contributed by atoms with van der Waals surface area (Å²) in [6.45, 7) is 3.88. The van der Waals surface area contributed by atoms with Gasteiger partial charge in [0.2, 0.25) is 5.91 Å². The van der Waals surface area contributed by atoms with Crippen molar-refractivity contribution in [1.29, 1.82) is 0 Å². The molecule has 6 heteroatoms. The lowest BCUT2D eigenvalue weighted by Gasteiger charge is -2.28. The third-order valence-corrected chi connectivity index (χ3v) is 5.15. The zero-order valence-electron chi connectivity index (χ0n) is 15.1. The molecule has 2 amide bonds. The Kier molecular flexibility index (Phi) is 6.10. The number of nitrogens with zero attached hydrogens (tertiary/aromatic N) is 2. The van der Waals surface area contributed by atoms with E-state index >= 15 is 0 Å². The minimum Gasteiger partial charge on any atom is -0.359 e. The summed E-state index contributed by atoms with van der Waals surface area (Å²) >= 11 is 0. The highest BCUT2D eigenvalue weighted by molar-refractivity contribution is 5.92. The summed E-state index contributed by atoms with van der Waals surface area (Å²) in [5, 5.41) is 6.76. The largest absolute Gasteiger partial charge is 0.359 e. The fourth-order valence-electron chi connectivity index (χ4n) is 3.48. The highest BCUT2D eigenvalue weighted by atomic mass is 16.5. The summed E-state index contributed by atoms with van der Waals surface area (Å²) in [6, 6.07) is 1.67. The third-order valence-electron chi connectivity index (χ3n) is 5.15. The van der Waals surface area contributed by atoms with Crippen LogP contribution in [-0.2, 0) is 11.3 Å². The molecule has 0 atom stereocenters. The lowest BCUT2D eigenvalue weighted by atomic mass is 9.88. The summed E-state index contributed by atoms with van der Waals surface area (Å²) in [7, 11) is 0. The first-order valence-electron chi connectivity index (χ1n) is 9.70. The van der Waals surface area contributed by atoms with Gasteiger partial charge in [-0.2, -0.15) is 0 Å². The Morgan fingerprint density at radius 3 is 2.68 bits per heavy atom. The van der Waals surface area contributed by atoms with E-state index in [4.69, 9.17) is 4.52 Å². The lowest BCUT2D eigenvalue weighted by molar-refractivity contribution is -0.137. The van der Waals surface area contributed by atoms with Crippen LogP contribution in [0.3, 0.4) is 0 Å². The molecule has 0 spiro atoms.